The molecular formula is C17H15NO4. The maximum Gasteiger partial charge on any atom is 0.261 e. The number of carbonyl (C=O) groups is 2. The summed E-state index contributed by atoms with van der Waals surface area (Å²) in [4.78, 5) is 25.8. The van der Waals surface area contributed by atoms with Crippen LogP contribution in [0.1, 0.15) is 20.7 Å². The van der Waals surface area contributed by atoms with Gasteiger partial charge in [0.1, 0.15) is 5.75 Å². The highest BCUT2D eigenvalue weighted by Gasteiger charge is 2.36. The standard InChI is InChI=1S/C17H15NO4/c1-21-15(22-12-7-3-2-4-8-12)11-18-16(19)13-9-5-6-10-14(13)17(18)20/h2-10,15H,11H2,1H3. The van der Waals surface area contributed by atoms with Gasteiger partial charge in [-0.05, 0) is 24.3 Å². The average Bonchev–Trinajstić information content (AvgIpc) is 2.80. The van der Waals surface area contributed by atoms with Crippen molar-refractivity contribution in [2.45, 2.75) is 6.29 Å². The lowest BCUT2D eigenvalue weighted by Crippen LogP contribution is -2.40. The molecule has 5 nitrogen and oxygen atoms in total. The van der Waals surface area contributed by atoms with Crippen molar-refractivity contribution in [1.82, 2.24) is 4.90 Å². The van der Waals surface area contributed by atoms with Crippen molar-refractivity contribution >= 4 is 11.8 Å². The molecule has 1 aliphatic heterocycles. The zero-order chi connectivity index (χ0) is 15.5. The van der Waals surface area contributed by atoms with Crippen LogP contribution >= 0.6 is 0 Å². The second-order valence-electron chi connectivity index (χ2n) is 4.86. The Morgan fingerprint density at radius 2 is 1.45 bits per heavy atom. The molecule has 22 heavy (non-hydrogen) atoms. The molecule has 1 aliphatic rings. The molecule has 0 bridgehead atoms. The van der Waals surface area contributed by atoms with E-state index in [2.05, 4.69) is 0 Å². The molecule has 2 amide bonds. The summed E-state index contributed by atoms with van der Waals surface area (Å²) < 4.78 is 10.9. The smallest absolute Gasteiger partial charge is 0.261 e. The Morgan fingerprint density at radius 3 is 2.00 bits per heavy atom. The number of fused-ring (bicyclic) bond motifs is 1. The van der Waals surface area contributed by atoms with Gasteiger partial charge in [-0.3, -0.25) is 14.5 Å². The summed E-state index contributed by atoms with van der Waals surface area (Å²) in [5, 5.41) is 0. The first-order chi connectivity index (χ1) is 10.7. The molecule has 0 N–H and O–H groups in total. The van der Waals surface area contributed by atoms with E-state index in [9.17, 15) is 9.59 Å². The van der Waals surface area contributed by atoms with Gasteiger partial charge >= 0.3 is 0 Å². The molecular weight excluding hydrogens is 282 g/mol. The number of rotatable bonds is 5. The molecule has 1 unspecified atom stereocenters. The second kappa shape index (κ2) is 5.99. The zero-order valence-electron chi connectivity index (χ0n) is 12.1. The third kappa shape index (κ3) is 2.58. The van der Waals surface area contributed by atoms with E-state index >= 15 is 0 Å². The third-order valence-electron chi connectivity index (χ3n) is 3.48. The van der Waals surface area contributed by atoms with E-state index < -0.39 is 6.29 Å². The Kier molecular flexibility index (Phi) is 3.89. The van der Waals surface area contributed by atoms with E-state index in [1.54, 1.807) is 36.4 Å². The number of nitrogens with zero attached hydrogens (tertiary/aromatic N) is 1. The molecule has 1 heterocycles. The molecule has 1 atom stereocenters. The molecule has 0 saturated heterocycles. The molecule has 0 saturated carbocycles. The van der Waals surface area contributed by atoms with Crippen molar-refractivity contribution in [3.05, 3.63) is 65.7 Å². The number of hydrogen-bond acceptors (Lipinski definition) is 4. The summed E-state index contributed by atoms with van der Waals surface area (Å²) in [6.45, 7) is 0.0394. The molecule has 2 aromatic rings. The van der Waals surface area contributed by atoms with Crippen molar-refractivity contribution < 1.29 is 19.1 Å². The number of benzene rings is 2. The monoisotopic (exact) mass is 297 g/mol. The highest BCUT2D eigenvalue weighted by Crippen LogP contribution is 2.23. The summed E-state index contributed by atoms with van der Waals surface area (Å²) in [5.74, 6) is -0.0235. The van der Waals surface area contributed by atoms with E-state index in [0.29, 0.717) is 16.9 Å². The van der Waals surface area contributed by atoms with Crippen LogP contribution in [-0.2, 0) is 4.74 Å². The van der Waals surface area contributed by atoms with E-state index in [4.69, 9.17) is 9.47 Å². The van der Waals surface area contributed by atoms with Gasteiger partial charge in [0, 0.05) is 7.11 Å². The van der Waals surface area contributed by atoms with Gasteiger partial charge in [-0.2, -0.15) is 0 Å². The summed E-state index contributed by atoms with van der Waals surface area (Å²) in [7, 11) is 1.48. The Hall–Kier alpha value is -2.66. The minimum atomic E-state index is -0.718. The summed E-state index contributed by atoms with van der Waals surface area (Å²) in [6, 6.07) is 15.9. The normalized spacial score (nSPS) is 14.9. The van der Waals surface area contributed by atoms with Crippen LogP contribution in [-0.4, -0.2) is 36.7 Å². The van der Waals surface area contributed by atoms with Crippen LogP contribution in [0.25, 0.3) is 0 Å². The SMILES string of the molecule is COC(CN1C(=O)c2ccccc2C1=O)Oc1ccccc1. The zero-order valence-corrected chi connectivity index (χ0v) is 12.1. The number of amides is 2. The predicted molar refractivity (Wildman–Crippen MR) is 79.7 cm³/mol. The molecule has 0 aliphatic carbocycles. The fourth-order valence-corrected chi connectivity index (χ4v) is 2.36. The summed E-state index contributed by atoms with van der Waals surface area (Å²) >= 11 is 0. The number of hydrogen-bond donors (Lipinski definition) is 0. The van der Waals surface area contributed by atoms with Crippen molar-refractivity contribution in [3.8, 4) is 5.75 Å². The average molecular weight is 297 g/mol. The van der Waals surface area contributed by atoms with Crippen LogP contribution in [0.5, 0.6) is 5.75 Å². The maximum atomic E-state index is 12.3. The van der Waals surface area contributed by atoms with Gasteiger partial charge in [-0.1, -0.05) is 30.3 Å². The molecule has 3 rings (SSSR count). The molecule has 2 aromatic carbocycles. The van der Waals surface area contributed by atoms with Gasteiger partial charge in [0.05, 0.1) is 17.7 Å². The molecule has 0 radical (unpaired) electrons. The number of para-hydroxylation sites is 1. The lowest BCUT2D eigenvalue weighted by Gasteiger charge is -2.22. The fourth-order valence-electron chi connectivity index (χ4n) is 2.36. The fraction of sp³-hybridized carbons (Fsp3) is 0.176. The third-order valence-corrected chi connectivity index (χ3v) is 3.48. The van der Waals surface area contributed by atoms with Crippen LogP contribution in [0.2, 0.25) is 0 Å². The molecule has 0 aromatic heterocycles. The Morgan fingerprint density at radius 1 is 0.909 bits per heavy atom. The van der Waals surface area contributed by atoms with Crippen LogP contribution < -0.4 is 4.74 Å². The number of methoxy groups -OCH3 is 1. The molecule has 0 spiro atoms. The lowest BCUT2D eigenvalue weighted by atomic mass is 10.1. The van der Waals surface area contributed by atoms with Crippen molar-refractivity contribution in [2.75, 3.05) is 13.7 Å². The maximum absolute atomic E-state index is 12.3. The predicted octanol–water partition coefficient (Wildman–Crippen LogP) is 2.33. The molecule has 0 fully saturated rings. The summed E-state index contributed by atoms with van der Waals surface area (Å²) in [6.07, 6.45) is -0.718. The van der Waals surface area contributed by atoms with Gasteiger partial charge < -0.3 is 9.47 Å². The number of carbonyl (C=O) groups excluding carboxylic acids is 2. The quantitative estimate of drug-likeness (QED) is 0.628. The molecule has 112 valence electrons. The van der Waals surface area contributed by atoms with Crippen LogP contribution in [0, 0.1) is 0 Å². The van der Waals surface area contributed by atoms with E-state index in [0.717, 1.165) is 4.90 Å². The lowest BCUT2D eigenvalue weighted by molar-refractivity contribution is -0.0634. The minimum absolute atomic E-state index is 0.0394. The first-order valence-corrected chi connectivity index (χ1v) is 6.90. The van der Waals surface area contributed by atoms with Crippen molar-refractivity contribution in [3.63, 3.8) is 0 Å². The van der Waals surface area contributed by atoms with E-state index in [1.807, 2.05) is 18.2 Å². The van der Waals surface area contributed by atoms with E-state index in [1.165, 1.54) is 7.11 Å². The number of imide groups is 1. The summed E-state index contributed by atoms with van der Waals surface area (Å²) in [5.41, 5.74) is 0.837. The first kappa shape index (κ1) is 14.3. The second-order valence-corrected chi connectivity index (χ2v) is 4.86. The van der Waals surface area contributed by atoms with Crippen LogP contribution in [0.3, 0.4) is 0 Å². The largest absolute Gasteiger partial charge is 0.463 e. The topological polar surface area (TPSA) is 55.8 Å². The van der Waals surface area contributed by atoms with Gasteiger partial charge in [-0.25, -0.2) is 0 Å². The van der Waals surface area contributed by atoms with Gasteiger partial charge in [0.2, 0.25) is 6.29 Å². The highest BCUT2D eigenvalue weighted by atomic mass is 16.7. The minimum Gasteiger partial charge on any atom is -0.463 e. The Bertz CT molecular complexity index is 664. The van der Waals surface area contributed by atoms with Gasteiger partial charge in [-0.15, -0.1) is 0 Å². The molecule has 5 heteroatoms. The van der Waals surface area contributed by atoms with Crippen LogP contribution in [0.15, 0.2) is 54.6 Å². The van der Waals surface area contributed by atoms with Crippen molar-refractivity contribution in [2.24, 2.45) is 0 Å². The van der Waals surface area contributed by atoms with Gasteiger partial charge in [0.25, 0.3) is 11.8 Å². The van der Waals surface area contributed by atoms with E-state index in [-0.39, 0.29) is 18.4 Å². The highest BCUT2D eigenvalue weighted by molar-refractivity contribution is 6.21. The Labute approximate surface area is 128 Å². The van der Waals surface area contributed by atoms with Crippen molar-refractivity contribution in [1.29, 1.82) is 0 Å². The van der Waals surface area contributed by atoms with Gasteiger partial charge in [0.15, 0.2) is 0 Å². The first-order valence-electron chi connectivity index (χ1n) is 6.90. The number of ether oxygens (including phenoxy) is 2. The Balaban J connectivity index is 1.75. The van der Waals surface area contributed by atoms with Crippen LogP contribution in [0.4, 0.5) is 0 Å².